The summed E-state index contributed by atoms with van der Waals surface area (Å²) in [6.07, 6.45) is 1.17. The van der Waals surface area contributed by atoms with E-state index in [4.69, 9.17) is 5.73 Å². The molecule has 0 saturated carbocycles. The minimum absolute atomic E-state index is 0.0507. The van der Waals surface area contributed by atoms with Gasteiger partial charge in [-0.25, -0.2) is 0 Å². The van der Waals surface area contributed by atoms with Gasteiger partial charge in [0.2, 0.25) is 0 Å². The van der Waals surface area contributed by atoms with Crippen LogP contribution < -0.4 is 11.2 Å². The number of hydrazone groups is 1. The topological polar surface area (TPSA) is 114 Å². The molecular formula is C8H7BrN4O3S. The molecule has 0 spiro atoms. The molecule has 17 heavy (non-hydrogen) atoms. The average Bonchev–Trinajstić information content (AvgIpc) is 2.23. The number of nitro groups is 1. The van der Waals surface area contributed by atoms with Crippen LogP contribution in [0.4, 0.5) is 5.69 Å². The van der Waals surface area contributed by atoms with Crippen LogP contribution >= 0.6 is 28.1 Å². The normalized spacial score (nSPS) is 10.4. The van der Waals surface area contributed by atoms with E-state index in [9.17, 15) is 15.2 Å². The summed E-state index contributed by atoms with van der Waals surface area (Å²) in [5.41, 5.74) is 7.39. The molecule has 0 aliphatic heterocycles. The Kier molecular flexibility index (Phi) is 4.35. The number of hydrogen-bond acceptors (Lipinski definition) is 5. The van der Waals surface area contributed by atoms with Gasteiger partial charge in [-0.15, -0.1) is 0 Å². The van der Waals surface area contributed by atoms with Crippen LogP contribution in [0.15, 0.2) is 21.7 Å². The molecule has 1 aromatic rings. The van der Waals surface area contributed by atoms with Crippen LogP contribution in [0, 0.1) is 10.1 Å². The zero-order valence-electron chi connectivity index (χ0n) is 8.25. The number of nitrogens with two attached hydrogens (primary N) is 1. The number of hydrogen-bond donors (Lipinski definition) is 3. The van der Waals surface area contributed by atoms with Crippen molar-refractivity contribution in [1.29, 1.82) is 0 Å². The summed E-state index contributed by atoms with van der Waals surface area (Å²) >= 11 is 7.51. The van der Waals surface area contributed by atoms with Gasteiger partial charge in [-0.05, 0) is 28.1 Å². The van der Waals surface area contributed by atoms with Crippen LogP contribution in [-0.4, -0.2) is 21.4 Å². The molecule has 90 valence electrons. The first-order chi connectivity index (χ1) is 7.91. The predicted molar refractivity (Wildman–Crippen MR) is 70.0 cm³/mol. The fourth-order valence-electron chi connectivity index (χ4n) is 0.975. The quantitative estimate of drug-likeness (QED) is 0.334. The van der Waals surface area contributed by atoms with Gasteiger partial charge in [-0.3, -0.25) is 15.5 Å². The van der Waals surface area contributed by atoms with Gasteiger partial charge in [0.1, 0.15) is 5.75 Å². The third-order valence-corrected chi connectivity index (χ3v) is 2.36. The van der Waals surface area contributed by atoms with Crippen LogP contribution in [0.5, 0.6) is 5.75 Å². The number of aromatic hydroxyl groups is 1. The average molecular weight is 319 g/mol. The molecule has 0 amide bonds. The van der Waals surface area contributed by atoms with Crippen molar-refractivity contribution in [3.63, 3.8) is 0 Å². The molecule has 7 nitrogen and oxygen atoms in total. The number of thiocarbonyl (C=S) groups is 1. The molecule has 0 radical (unpaired) electrons. The van der Waals surface area contributed by atoms with E-state index in [1.54, 1.807) is 0 Å². The molecule has 4 N–H and O–H groups in total. The smallest absolute Gasteiger partial charge is 0.271 e. The molecule has 0 heterocycles. The Hall–Kier alpha value is -1.74. The molecule has 0 saturated heterocycles. The van der Waals surface area contributed by atoms with Crippen molar-refractivity contribution in [3.8, 4) is 5.75 Å². The Morgan fingerprint density at radius 1 is 1.71 bits per heavy atom. The number of phenolic OH excluding ortho intramolecular Hbond substituents is 1. The zero-order valence-corrected chi connectivity index (χ0v) is 10.7. The van der Waals surface area contributed by atoms with Crippen LogP contribution in [0.3, 0.4) is 0 Å². The number of rotatable bonds is 3. The summed E-state index contributed by atoms with van der Waals surface area (Å²) in [6, 6.07) is 2.36. The highest BCUT2D eigenvalue weighted by Gasteiger charge is 2.13. The van der Waals surface area contributed by atoms with Crippen molar-refractivity contribution in [2.45, 2.75) is 0 Å². The van der Waals surface area contributed by atoms with E-state index < -0.39 is 4.92 Å². The van der Waals surface area contributed by atoms with Crippen molar-refractivity contribution in [2.24, 2.45) is 10.8 Å². The Labute approximate surface area is 110 Å². The molecule has 9 heteroatoms. The number of non-ortho nitro benzene ring substituents is 1. The summed E-state index contributed by atoms with van der Waals surface area (Å²) in [7, 11) is 0. The van der Waals surface area contributed by atoms with Gasteiger partial charge >= 0.3 is 0 Å². The van der Waals surface area contributed by atoms with Crippen LogP contribution in [0.1, 0.15) is 5.56 Å². The Morgan fingerprint density at radius 3 is 2.88 bits per heavy atom. The minimum atomic E-state index is -0.581. The Balaban J connectivity index is 3.09. The molecular weight excluding hydrogens is 312 g/mol. The van der Waals surface area contributed by atoms with Gasteiger partial charge in [0.05, 0.1) is 15.6 Å². The van der Waals surface area contributed by atoms with Crippen molar-refractivity contribution in [2.75, 3.05) is 0 Å². The van der Waals surface area contributed by atoms with Crippen molar-refractivity contribution < 1.29 is 10.0 Å². The second-order valence-electron chi connectivity index (χ2n) is 2.86. The van der Waals surface area contributed by atoms with Crippen molar-refractivity contribution in [1.82, 2.24) is 5.43 Å². The lowest BCUT2D eigenvalue weighted by Gasteiger charge is -2.02. The first kappa shape index (κ1) is 13.3. The number of nitro benzene ring substituents is 1. The lowest BCUT2D eigenvalue weighted by molar-refractivity contribution is -0.385. The van der Waals surface area contributed by atoms with E-state index in [-0.39, 0.29) is 26.6 Å². The van der Waals surface area contributed by atoms with E-state index in [2.05, 4.69) is 38.7 Å². The van der Waals surface area contributed by atoms with Crippen LogP contribution in [0.2, 0.25) is 0 Å². The summed E-state index contributed by atoms with van der Waals surface area (Å²) in [5, 5.41) is 23.8. The maximum Gasteiger partial charge on any atom is 0.271 e. The fraction of sp³-hybridized carbons (Fsp3) is 0. The van der Waals surface area contributed by atoms with Crippen LogP contribution in [0.25, 0.3) is 0 Å². The number of nitrogens with zero attached hydrogens (tertiary/aromatic N) is 2. The van der Waals surface area contributed by atoms with Crippen molar-refractivity contribution in [3.05, 3.63) is 32.3 Å². The predicted octanol–water partition coefficient (Wildman–Crippen LogP) is 1.23. The van der Waals surface area contributed by atoms with E-state index >= 15 is 0 Å². The molecule has 0 aromatic heterocycles. The highest BCUT2D eigenvalue weighted by molar-refractivity contribution is 9.10. The molecule has 0 aliphatic rings. The van der Waals surface area contributed by atoms with Gasteiger partial charge in [0, 0.05) is 17.7 Å². The second-order valence-corrected chi connectivity index (χ2v) is 4.15. The number of benzene rings is 1. The van der Waals surface area contributed by atoms with E-state index in [0.29, 0.717) is 0 Å². The summed E-state index contributed by atoms with van der Waals surface area (Å²) in [5.74, 6) is -0.163. The molecule has 0 bridgehead atoms. The minimum Gasteiger partial charge on any atom is -0.506 e. The summed E-state index contributed by atoms with van der Waals surface area (Å²) < 4.78 is 0.198. The zero-order chi connectivity index (χ0) is 13.0. The van der Waals surface area contributed by atoms with Gasteiger partial charge in [0.25, 0.3) is 5.69 Å². The highest BCUT2D eigenvalue weighted by atomic mass is 79.9. The molecule has 0 fully saturated rings. The van der Waals surface area contributed by atoms with E-state index in [1.165, 1.54) is 18.3 Å². The third-order valence-electron chi connectivity index (χ3n) is 1.67. The first-order valence-corrected chi connectivity index (χ1v) is 5.37. The van der Waals surface area contributed by atoms with Gasteiger partial charge in [0.15, 0.2) is 5.11 Å². The molecule has 1 aromatic carbocycles. The molecule has 0 aliphatic carbocycles. The fourth-order valence-corrected chi connectivity index (χ4v) is 1.49. The largest absolute Gasteiger partial charge is 0.506 e. The lowest BCUT2D eigenvalue weighted by atomic mass is 10.2. The van der Waals surface area contributed by atoms with Gasteiger partial charge in [-0.1, -0.05) is 0 Å². The third kappa shape index (κ3) is 3.64. The number of nitrogens with one attached hydrogen (secondary N) is 1. The van der Waals surface area contributed by atoms with E-state index in [0.717, 1.165) is 0 Å². The molecule has 0 unspecified atom stereocenters. The maximum absolute atomic E-state index is 10.6. The standard InChI is InChI=1S/C8H7BrN4O3S/c9-6-2-5(13(15)16)1-4(7(6)14)3-11-12-8(10)17/h1-3,14H,(H3,10,12,17)/b11-3-. The van der Waals surface area contributed by atoms with Gasteiger partial charge in [-0.2, -0.15) is 5.10 Å². The van der Waals surface area contributed by atoms with Crippen LogP contribution in [-0.2, 0) is 0 Å². The molecule has 1 rings (SSSR count). The Bertz CT molecular complexity index is 506. The maximum atomic E-state index is 10.6. The summed E-state index contributed by atoms with van der Waals surface area (Å²) in [4.78, 5) is 10.0. The SMILES string of the molecule is NC(=S)N/N=C\c1cc([N+](=O)[O-])cc(Br)c1O. The number of phenols is 1. The lowest BCUT2D eigenvalue weighted by Crippen LogP contribution is -2.24. The molecule has 0 atom stereocenters. The first-order valence-electron chi connectivity index (χ1n) is 4.17. The highest BCUT2D eigenvalue weighted by Crippen LogP contribution is 2.31. The Morgan fingerprint density at radius 2 is 2.35 bits per heavy atom. The summed E-state index contributed by atoms with van der Waals surface area (Å²) in [6.45, 7) is 0. The second kappa shape index (κ2) is 5.55. The van der Waals surface area contributed by atoms with E-state index in [1.807, 2.05) is 0 Å². The van der Waals surface area contributed by atoms with Gasteiger partial charge < -0.3 is 10.8 Å². The number of halogens is 1. The monoisotopic (exact) mass is 318 g/mol. The van der Waals surface area contributed by atoms with Crippen molar-refractivity contribution >= 4 is 45.2 Å².